The fourth-order valence-electron chi connectivity index (χ4n) is 2.35. The summed E-state index contributed by atoms with van der Waals surface area (Å²) >= 11 is 0. The first-order valence-corrected chi connectivity index (χ1v) is 8.72. The maximum Gasteiger partial charge on any atom is 0.161 e. The Morgan fingerprint density at radius 2 is 1.84 bits per heavy atom. The molecule has 0 spiro atoms. The summed E-state index contributed by atoms with van der Waals surface area (Å²) in [6.45, 7) is 7.35. The van der Waals surface area contributed by atoms with Crippen molar-refractivity contribution in [3.63, 3.8) is 0 Å². The molecule has 6 nitrogen and oxygen atoms in total. The van der Waals surface area contributed by atoms with E-state index in [-0.39, 0.29) is 6.61 Å². The largest absolute Gasteiger partial charge is 0.493 e. The van der Waals surface area contributed by atoms with Gasteiger partial charge < -0.3 is 24.2 Å². The van der Waals surface area contributed by atoms with E-state index >= 15 is 0 Å². The van der Waals surface area contributed by atoms with Gasteiger partial charge in [0.05, 0.1) is 13.7 Å². The Morgan fingerprint density at radius 3 is 2.44 bits per heavy atom. The summed E-state index contributed by atoms with van der Waals surface area (Å²) in [4.78, 5) is 4.27. The van der Waals surface area contributed by atoms with E-state index in [4.69, 9.17) is 14.2 Å². The lowest BCUT2D eigenvalue weighted by Gasteiger charge is -2.24. The Balaban J connectivity index is 2.65. The van der Waals surface area contributed by atoms with Gasteiger partial charge in [-0.2, -0.15) is 0 Å². The molecule has 0 amide bonds. The molecule has 6 heteroatoms. The van der Waals surface area contributed by atoms with Crippen LogP contribution in [0.15, 0.2) is 18.2 Å². The highest BCUT2D eigenvalue weighted by molar-refractivity contribution is 5.43. The highest BCUT2D eigenvalue weighted by Gasteiger charge is 2.13. The fraction of sp³-hybridized carbons (Fsp3) is 0.684. The number of hydrogen-bond donors (Lipinski definition) is 1. The van der Waals surface area contributed by atoms with Crippen LogP contribution in [-0.4, -0.2) is 81.7 Å². The van der Waals surface area contributed by atoms with Gasteiger partial charge in [0.1, 0.15) is 12.7 Å². The normalized spacial score (nSPS) is 12.9. The lowest BCUT2D eigenvalue weighted by Crippen LogP contribution is -2.37. The van der Waals surface area contributed by atoms with Crippen LogP contribution in [0.5, 0.6) is 11.5 Å². The van der Waals surface area contributed by atoms with Crippen LogP contribution in [0, 0.1) is 0 Å². The number of rotatable bonds is 12. The molecule has 144 valence electrons. The van der Waals surface area contributed by atoms with Gasteiger partial charge in [-0.25, -0.2) is 0 Å². The number of ether oxygens (including phenoxy) is 3. The van der Waals surface area contributed by atoms with E-state index in [1.54, 1.807) is 14.2 Å². The molecule has 1 aromatic carbocycles. The van der Waals surface area contributed by atoms with Crippen LogP contribution < -0.4 is 9.47 Å². The van der Waals surface area contributed by atoms with Crippen molar-refractivity contribution in [1.82, 2.24) is 9.80 Å². The van der Waals surface area contributed by atoms with Crippen LogP contribution in [0.25, 0.3) is 0 Å². The average Bonchev–Trinajstić information content (AvgIpc) is 2.58. The highest BCUT2D eigenvalue weighted by Crippen LogP contribution is 2.28. The van der Waals surface area contributed by atoms with E-state index in [0.717, 1.165) is 18.7 Å². The Kier molecular flexibility index (Phi) is 9.82. The van der Waals surface area contributed by atoms with Crippen molar-refractivity contribution in [2.75, 3.05) is 54.6 Å². The molecule has 1 atom stereocenters. The van der Waals surface area contributed by atoms with Crippen molar-refractivity contribution in [2.24, 2.45) is 0 Å². The van der Waals surface area contributed by atoms with Gasteiger partial charge in [-0.05, 0) is 45.6 Å². The molecule has 1 aromatic rings. The van der Waals surface area contributed by atoms with Crippen LogP contribution in [0.1, 0.15) is 19.4 Å². The number of nitrogens with zero attached hydrogens (tertiary/aromatic N) is 2. The zero-order chi connectivity index (χ0) is 18.8. The molecule has 1 N–H and O–H groups in total. The lowest BCUT2D eigenvalue weighted by molar-refractivity contribution is 0.0668. The summed E-state index contributed by atoms with van der Waals surface area (Å²) in [5.74, 6) is 1.33. The molecule has 0 radical (unpaired) electrons. The van der Waals surface area contributed by atoms with E-state index < -0.39 is 6.10 Å². The summed E-state index contributed by atoms with van der Waals surface area (Å²) in [6, 6.07) is 6.29. The third kappa shape index (κ3) is 8.05. The minimum atomic E-state index is -0.551. The first-order chi connectivity index (χ1) is 11.9. The van der Waals surface area contributed by atoms with Crippen LogP contribution in [0.3, 0.4) is 0 Å². The van der Waals surface area contributed by atoms with Crippen molar-refractivity contribution in [1.29, 1.82) is 0 Å². The van der Waals surface area contributed by atoms with Crippen LogP contribution >= 0.6 is 0 Å². The molecule has 0 aliphatic rings. The minimum Gasteiger partial charge on any atom is -0.493 e. The zero-order valence-electron chi connectivity index (χ0n) is 16.5. The van der Waals surface area contributed by atoms with Crippen molar-refractivity contribution < 1.29 is 19.3 Å². The molecule has 0 heterocycles. The second-order valence-corrected chi connectivity index (χ2v) is 6.71. The molecular weight excluding hydrogens is 320 g/mol. The van der Waals surface area contributed by atoms with Crippen molar-refractivity contribution in [3.05, 3.63) is 23.8 Å². The van der Waals surface area contributed by atoms with Gasteiger partial charge in [-0.3, -0.25) is 4.90 Å². The molecule has 25 heavy (non-hydrogen) atoms. The summed E-state index contributed by atoms with van der Waals surface area (Å²) in [5.41, 5.74) is 1.13. The third-order valence-corrected chi connectivity index (χ3v) is 4.17. The molecule has 0 fully saturated rings. The third-order valence-electron chi connectivity index (χ3n) is 4.17. The van der Waals surface area contributed by atoms with Crippen molar-refractivity contribution in [2.45, 2.75) is 32.5 Å². The quantitative estimate of drug-likeness (QED) is 0.618. The van der Waals surface area contributed by atoms with Gasteiger partial charge in [-0.1, -0.05) is 6.07 Å². The van der Waals surface area contributed by atoms with E-state index in [2.05, 4.69) is 30.7 Å². The molecule has 0 aliphatic heterocycles. The maximum atomic E-state index is 10.2. The van der Waals surface area contributed by atoms with Gasteiger partial charge in [0, 0.05) is 32.8 Å². The number of aliphatic hydroxyl groups excluding tert-OH is 1. The van der Waals surface area contributed by atoms with Gasteiger partial charge >= 0.3 is 0 Å². The second-order valence-electron chi connectivity index (χ2n) is 6.71. The Morgan fingerprint density at radius 1 is 1.12 bits per heavy atom. The second kappa shape index (κ2) is 11.3. The van der Waals surface area contributed by atoms with E-state index in [1.807, 2.05) is 25.2 Å². The molecule has 0 bridgehead atoms. The van der Waals surface area contributed by atoms with Crippen molar-refractivity contribution >= 4 is 0 Å². The number of likely N-dealkylation sites (N-methyl/N-ethyl adjacent to an activating group) is 2. The number of methoxy groups -OCH3 is 2. The first-order valence-electron chi connectivity index (χ1n) is 8.72. The number of benzene rings is 1. The summed E-state index contributed by atoms with van der Waals surface area (Å²) in [5, 5.41) is 10.2. The summed E-state index contributed by atoms with van der Waals surface area (Å²) < 4.78 is 16.3. The minimum absolute atomic E-state index is 0.233. The molecule has 0 saturated heterocycles. The summed E-state index contributed by atoms with van der Waals surface area (Å²) in [6.07, 6.45) is -0.551. The van der Waals surface area contributed by atoms with E-state index in [9.17, 15) is 5.11 Å². The number of hydrogen-bond acceptors (Lipinski definition) is 6. The monoisotopic (exact) mass is 354 g/mol. The standard InChI is InChI=1S/C19H34N2O4/c1-15(2)21(4)13-17(22)14-25-19-11-16(7-8-18(19)24-6)12-20(3)9-10-23-5/h7-8,11,15,17,22H,9-10,12-14H2,1-6H3/t17-/m0/s1. The average molecular weight is 354 g/mol. The maximum absolute atomic E-state index is 10.2. The van der Waals surface area contributed by atoms with Gasteiger partial charge in [0.2, 0.25) is 0 Å². The Labute approximate surface area is 152 Å². The van der Waals surface area contributed by atoms with Crippen LogP contribution in [-0.2, 0) is 11.3 Å². The van der Waals surface area contributed by atoms with Crippen molar-refractivity contribution in [3.8, 4) is 11.5 Å². The lowest BCUT2D eigenvalue weighted by atomic mass is 10.2. The highest BCUT2D eigenvalue weighted by atomic mass is 16.5. The molecule has 0 saturated carbocycles. The zero-order valence-corrected chi connectivity index (χ0v) is 16.5. The van der Waals surface area contributed by atoms with E-state index in [0.29, 0.717) is 30.7 Å². The first kappa shape index (κ1) is 21.7. The molecular formula is C19H34N2O4. The van der Waals surface area contributed by atoms with E-state index in [1.165, 1.54) is 0 Å². The van der Waals surface area contributed by atoms with Crippen LogP contribution in [0.2, 0.25) is 0 Å². The molecule has 0 aliphatic carbocycles. The van der Waals surface area contributed by atoms with Gasteiger partial charge in [0.15, 0.2) is 11.5 Å². The number of aliphatic hydroxyl groups is 1. The van der Waals surface area contributed by atoms with Crippen LogP contribution in [0.4, 0.5) is 0 Å². The smallest absolute Gasteiger partial charge is 0.161 e. The molecule has 1 rings (SSSR count). The SMILES string of the molecule is COCCN(C)Cc1ccc(OC)c(OC[C@@H](O)CN(C)C(C)C)c1. The molecule has 0 unspecified atom stereocenters. The van der Waals surface area contributed by atoms with Gasteiger partial charge in [0.25, 0.3) is 0 Å². The predicted octanol–water partition coefficient (Wildman–Crippen LogP) is 1.85. The Hall–Kier alpha value is -1.34. The topological polar surface area (TPSA) is 54.4 Å². The molecule has 0 aromatic heterocycles. The summed E-state index contributed by atoms with van der Waals surface area (Å²) in [7, 11) is 7.37. The predicted molar refractivity (Wildman–Crippen MR) is 100 cm³/mol. The Bertz CT molecular complexity index is 496. The van der Waals surface area contributed by atoms with Gasteiger partial charge in [-0.15, -0.1) is 0 Å². The fourth-order valence-corrected chi connectivity index (χ4v) is 2.35.